The van der Waals surface area contributed by atoms with E-state index in [9.17, 15) is 9.59 Å². The number of fused-ring (bicyclic) bond motifs is 1. The van der Waals surface area contributed by atoms with Crippen LogP contribution < -0.4 is 10.9 Å². The Morgan fingerprint density at radius 3 is 2.65 bits per heavy atom. The van der Waals surface area contributed by atoms with Crippen molar-refractivity contribution in [1.82, 2.24) is 14.9 Å². The van der Waals surface area contributed by atoms with Gasteiger partial charge >= 0.3 is 0 Å². The maximum atomic E-state index is 13.1. The zero-order valence-electron chi connectivity index (χ0n) is 17.0. The van der Waals surface area contributed by atoms with E-state index in [-0.39, 0.29) is 17.2 Å². The second-order valence-corrected chi connectivity index (χ2v) is 8.04. The molecular weight excluding hydrogens is 410 g/mol. The molecule has 0 fully saturated rings. The summed E-state index contributed by atoms with van der Waals surface area (Å²) in [7, 11) is 0. The summed E-state index contributed by atoms with van der Waals surface area (Å²) >= 11 is 1.28. The standard InChI is InChI=1S/C24H23N3O3S/c28-22(25-16-19-11-7-15-30-19)17-31-24-26-21-13-5-4-12-20(21)23(29)27(24)14-6-10-18-8-2-1-3-9-18/h1-5,7-9,11-13,15H,6,10,14,16-17H2,(H,25,28). The van der Waals surface area contributed by atoms with Gasteiger partial charge in [-0.25, -0.2) is 4.98 Å². The molecule has 1 amide bonds. The van der Waals surface area contributed by atoms with Crippen molar-refractivity contribution >= 4 is 28.6 Å². The van der Waals surface area contributed by atoms with Crippen LogP contribution in [0.25, 0.3) is 10.9 Å². The molecule has 0 saturated heterocycles. The normalized spacial score (nSPS) is 11.0. The molecule has 7 heteroatoms. The second-order valence-electron chi connectivity index (χ2n) is 7.10. The van der Waals surface area contributed by atoms with Crippen LogP contribution in [0.1, 0.15) is 17.7 Å². The fraction of sp³-hybridized carbons (Fsp3) is 0.208. The van der Waals surface area contributed by atoms with E-state index in [4.69, 9.17) is 4.42 Å². The van der Waals surface area contributed by atoms with E-state index < -0.39 is 0 Å². The number of furan rings is 1. The molecule has 4 rings (SSSR count). The fourth-order valence-electron chi connectivity index (χ4n) is 3.32. The topological polar surface area (TPSA) is 77.1 Å². The van der Waals surface area contributed by atoms with E-state index in [1.54, 1.807) is 23.0 Å². The van der Waals surface area contributed by atoms with Crippen LogP contribution in [-0.4, -0.2) is 21.2 Å². The Kier molecular flexibility index (Phi) is 6.84. The molecule has 2 aromatic carbocycles. The number of nitrogens with one attached hydrogen (secondary N) is 1. The van der Waals surface area contributed by atoms with Gasteiger partial charge in [-0.2, -0.15) is 0 Å². The molecule has 1 N–H and O–H groups in total. The summed E-state index contributed by atoms with van der Waals surface area (Å²) in [6, 6.07) is 21.1. The Morgan fingerprint density at radius 2 is 1.84 bits per heavy atom. The third kappa shape index (κ3) is 5.44. The van der Waals surface area contributed by atoms with Crippen molar-refractivity contribution in [3.63, 3.8) is 0 Å². The first-order valence-corrected chi connectivity index (χ1v) is 11.1. The average molecular weight is 434 g/mol. The van der Waals surface area contributed by atoms with Crippen molar-refractivity contribution in [2.45, 2.75) is 31.1 Å². The van der Waals surface area contributed by atoms with Crippen molar-refractivity contribution in [2.75, 3.05) is 5.75 Å². The van der Waals surface area contributed by atoms with Crippen molar-refractivity contribution < 1.29 is 9.21 Å². The van der Waals surface area contributed by atoms with Gasteiger partial charge in [0.05, 0.1) is 29.5 Å². The van der Waals surface area contributed by atoms with Gasteiger partial charge in [0.1, 0.15) is 5.76 Å². The number of thioether (sulfide) groups is 1. The van der Waals surface area contributed by atoms with Gasteiger partial charge in [-0.1, -0.05) is 54.2 Å². The van der Waals surface area contributed by atoms with E-state index in [0.29, 0.717) is 34.9 Å². The number of aryl methyl sites for hydroxylation is 1. The number of para-hydroxylation sites is 1. The van der Waals surface area contributed by atoms with Crippen LogP contribution in [-0.2, 0) is 24.3 Å². The molecule has 0 spiro atoms. The Balaban J connectivity index is 1.48. The maximum Gasteiger partial charge on any atom is 0.262 e. The molecule has 0 atom stereocenters. The molecule has 0 radical (unpaired) electrons. The summed E-state index contributed by atoms with van der Waals surface area (Å²) in [5.74, 6) is 0.726. The van der Waals surface area contributed by atoms with Crippen molar-refractivity contribution in [1.29, 1.82) is 0 Å². The number of benzene rings is 2. The Hall–Kier alpha value is -3.32. The molecular formula is C24H23N3O3S. The number of aromatic nitrogens is 2. The molecule has 31 heavy (non-hydrogen) atoms. The van der Waals surface area contributed by atoms with Gasteiger partial charge in [-0.05, 0) is 42.7 Å². The molecule has 4 aromatic rings. The second kappa shape index (κ2) is 10.1. The zero-order chi connectivity index (χ0) is 21.5. The third-order valence-electron chi connectivity index (χ3n) is 4.89. The molecule has 0 bridgehead atoms. The van der Waals surface area contributed by atoms with Gasteiger partial charge in [0, 0.05) is 6.54 Å². The molecule has 6 nitrogen and oxygen atoms in total. The summed E-state index contributed by atoms with van der Waals surface area (Å²) in [5.41, 5.74) is 1.80. The Labute approximate surface area is 184 Å². The maximum absolute atomic E-state index is 13.1. The van der Waals surface area contributed by atoms with E-state index in [1.807, 2.05) is 42.5 Å². The lowest BCUT2D eigenvalue weighted by molar-refractivity contribution is -0.118. The van der Waals surface area contributed by atoms with E-state index in [1.165, 1.54) is 17.3 Å². The Morgan fingerprint density at radius 1 is 1.03 bits per heavy atom. The average Bonchev–Trinajstić information content (AvgIpc) is 3.32. The monoisotopic (exact) mass is 433 g/mol. The lowest BCUT2D eigenvalue weighted by atomic mass is 10.1. The van der Waals surface area contributed by atoms with E-state index in [2.05, 4.69) is 22.4 Å². The largest absolute Gasteiger partial charge is 0.467 e. The highest BCUT2D eigenvalue weighted by Crippen LogP contribution is 2.18. The number of nitrogens with zero attached hydrogens (tertiary/aromatic N) is 2. The van der Waals surface area contributed by atoms with Gasteiger partial charge < -0.3 is 9.73 Å². The van der Waals surface area contributed by atoms with Crippen molar-refractivity contribution in [2.24, 2.45) is 0 Å². The smallest absolute Gasteiger partial charge is 0.262 e. The number of hydrogen-bond donors (Lipinski definition) is 1. The van der Waals surface area contributed by atoms with Crippen LogP contribution in [0.5, 0.6) is 0 Å². The molecule has 0 unspecified atom stereocenters. The summed E-state index contributed by atoms with van der Waals surface area (Å²) in [6.45, 7) is 0.878. The van der Waals surface area contributed by atoms with Crippen LogP contribution in [0.2, 0.25) is 0 Å². The summed E-state index contributed by atoms with van der Waals surface area (Å²) in [6.07, 6.45) is 3.25. The zero-order valence-corrected chi connectivity index (χ0v) is 17.8. The van der Waals surface area contributed by atoms with Crippen LogP contribution in [0, 0.1) is 0 Å². The molecule has 2 aromatic heterocycles. The van der Waals surface area contributed by atoms with Crippen molar-refractivity contribution in [3.8, 4) is 0 Å². The summed E-state index contributed by atoms with van der Waals surface area (Å²) in [5, 5.41) is 3.97. The predicted octanol–water partition coefficient (Wildman–Crippen LogP) is 4.03. The lowest BCUT2D eigenvalue weighted by Gasteiger charge is -2.13. The SMILES string of the molecule is O=C(CSc1nc2ccccc2c(=O)n1CCCc1ccccc1)NCc1ccco1. The highest BCUT2D eigenvalue weighted by molar-refractivity contribution is 7.99. The van der Waals surface area contributed by atoms with E-state index in [0.717, 1.165) is 12.8 Å². The minimum absolute atomic E-state index is 0.0721. The first-order chi connectivity index (χ1) is 15.2. The Bertz CT molecular complexity index is 1200. The summed E-state index contributed by atoms with van der Waals surface area (Å²) < 4.78 is 6.92. The predicted molar refractivity (Wildman–Crippen MR) is 122 cm³/mol. The first kappa shape index (κ1) is 20.9. The fourth-order valence-corrected chi connectivity index (χ4v) is 4.18. The lowest BCUT2D eigenvalue weighted by Crippen LogP contribution is -2.27. The number of hydrogen-bond acceptors (Lipinski definition) is 5. The number of amides is 1. The quantitative estimate of drug-likeness (QED) is 0.319. The molecule has 2 heterocycles. The molecule has 158 valence electrons. The molecule has 0 aliphatic heterocycles. The van der Waals surface area contributed by atoms with Crippen molar-refractivity contribution in [3.05, 3.63) is 94.7 Å². The highest BCUT2D eigenvalue weighted by Gasteiger charge is 2.13. The van der Waals surface area contributed by atoms with Gasteiger partial charge in [0.25, 0.3) is 5.56 Å². The van der Waals surface area contributed by atoms with Crippen LogP contribution >= 0.6 is 11.8 Å². The third-order valence-corrected chi connectivity index (χ3v) is 5.87. The first-order valence-electron chi connectivity index (χ1n) is 10.2. The van der Waals surface area contributed by atoms with Crippen LogP contribution in [0.15, 0.2) is 87.4 Å². The van der Waals surface area contributed by atoms with Crippen LogP contribution in [0.4, 0.5) is 0 Å². The van der Waals surface area contributed by atoms with E-state index >= 15 is 0 Å². The van der Waals surface area contributed by atoms with Crippen LogP contribution in [0.3, 0.4) is 0 Å². The molecule has 0 aliphatic rings. The number of carbonyl (C=O) groups excluding carboxylic acids is 1. The number of rotatable bonds is 9. The summed E-state index contributed by atoms with van der Waals surface area (Å²) in [4.78, 5) is 30.1. The molecule has 0 saturated carbocycles. The molecule has 0 aliphatic carbocycles. The van der Waals surface area contributed by atoms with Gasteiger partial charge in [-0.3, -0.25) is 14.2 Å². The van der Waals surface area contributed by atoms with Gasteiger partial charge in [0.2, 0.25) is 5.91 Å². The van der Waals surface area contributed by atoms with Gasteiger partial charge in [-0.15, -0.1) is 0 Å². The number of carbonyl (C=O) groups is 1. The highest BCUT2D eigenvalue weighted by atomic mass is 32.2. The minimum Gasteiger partial charge on any atom is -0.467 e. The minimum atomic E-state index is -0.139. The van der Waals surface area contributed by atoms with Gasteiger partial charge in [0.15, 0.2) is 5.16 Å².